The van der Waals surface area contributed by atoms with Gasteiger partial charge in [0.25, 0.3) is 0 Å². The van der Waals surface area contributed by atoms with E-state index in [0.29, 0.717) is 24.2 Å². The number of amides is 1. The molecule has 24 heavy (non-hydrogen) atoms. The molecule has 0 fully saturated rings. The zero-order valence-corrected chi connectivity index (χ0v) is 13.8. The van der Waals surface area contributed by atoms with E-state index in [1.807, 2.05) is 23.0 Å². The van der Waals surface area contributed by atoms with Crippen molar-refractivity contribution in [1.29, 1.82) is 0 Å². The predicted octanol–water partition coefficient (Wildman–Crippen LogP) is 1.02. The Kier molecular flexibility index (Phi) is 4.77. The first-order chi connectivity index (χ1) is 11.3. The van der Waals surface area contributed by atoms with Crippen LogP contribution in [-0.4, -0.2) is 36.8 Å². The van der Waals surface area contributed by atoms with Crippen LogP contribution in [0.1, 0.15) is 17.8 Å². The first-order valence-corrected chi connectivity index (χ1v) is 7.64. The largest absolute Gasteiger partial charge is 0.323 e. The molecule has 0 unspecified atom stereocenters. The summed E-state index contributed by atoms with van der Waals surface area (Å²) in [7, 11) is 0. The Hall–Kier alpha value is -2.45. The van der Waals surface area contributed by atoms with Crippen LogP contribution in [0.5, 0.6) is 0 Å². The number of nitrogens with zero attached hydrogens (tertiary/aromatic N) is 5. The molecule has 0 saturated heterocycles. The molecule has 126 valence electrons. The summed E-state index contributed by atoms with van der Waals surface area (Å²) in [6.45, 7) is 2.67. The minimum Gasteiger partial charge on any atom is -0.323 e. The summed E-state index contributed by atoms with van der Waals surface area (Å²) in [5, 5.41) is 18.6. The Labute approximate surface area is 144 Å². The van der Waals surface area contributed by atoms with E-state index in [9.17, 15) is 4.79 Å². The van der Waals surface area contributed by atoms with Crippen LogP contribution in [0.25, 0.3) is 5.65 Å². The maximum atomic E-state index is 12.2. The fraction of sp³-hybridized carbons (Fsp3) is 0.333. The summed E-state index contributed by atoms with van der Waals surface area (Å²) in [6, 6.07) is 5.74. The fourth-order valence-electron chi connectivity index (χ4n) is 2.78. The van der Waals surface area contributed by atoms with E-state index in [1.165, 1.54) is 5.69 Å². The second kappa shape index (κ2) is 6.98. The lowest BCUT2D eigenvalue weighted by molar-refractivity contribution is -0.116. The number of anilines is 1. The van der Waals surface area contributed by atoms with Crippen molar-refractivity contribution in [2.45, 2.75) is 25.9 Å². The van der Waals surface area contributed by atoms with Crippen molar-refractivity contribution in [1.82, 2.24) is 29.7 Å². The molecular formula is C15H18ClN7O. The molecule has 1 aliphatic rings. The Balaban J connectivity index is 0.00000169. The van der Waals surface area contributed by atoms with Crippen molar-refractivity contribution >= 4 is 29.6 Å². The van der Waals surface area contributed by atoms with Crippen molar-refractivity contribution in [3.63, 3.8) is 0 Å². The van der Waals surface area contributed by atoms with Crippen LogP contribution in [0.2, 0.25) is 0 Å². The van der Waals surface area contributed by atoms with E-state index >= 15 is 0 Å². The molecule has 0 atom stereocenters. The topological polar surface area (TPSA) is 89.1 Å². The quantitative estimate of drug-likeness (QED) is 0.735. The molecule has 4 rings (SSSR count). The Morgan fingerprint density at radius 2 is 2.33 bits per heavy atom. The fourth-order valence-corrected chi connectivity index (χ4v) is 2.78. The second-order valence-corrected chi connectivity index (χ2v) is 5.56. The van der Waals surface area contributed by atoms with E-state index < -0.39 is 0 Å². The average molecular weight is 348 g/mol. The number of pyridine rings is 1. The summed E-state index contributed by atoms with van der Waals surface area (Å²) in [5.41, 5.74) is 3.45. The van der Waals surface area contributed by atoms with Gasteiger partial charge in [-0.05, 0) is 18.2 Å². The number of nitrogens with one attached hydrogen (secondary N) is 2. The highest BCUT2D eigenvalue weighted by atomic mass is 35.5. The van der Waals surface area contributed by atoms with Crippen LogP contribution < -0.4 is 10.6 Å². The molecule has 0 spiro atoms. The number of carbonyl (C=O) groups excluding carboxylic acids is 1. The van der Waals surface area contributed by atoms with Crippen LogP contribution in [0.15, 0.2) is 30.7 Å². The maximum Gasteiger partial charge on any atom is 0.224 e. The molecular weight excluding hydrogens is 330 g/mol. The minimum absolute atomic E-state index is 0. The highest BCUT2D eigenvalue weighted by Gasteiger charge is 2.13. The van der Waals surface area contributed by atoms with Gasteiger partial charge in [0.2, 0.25) is 5.91 Å². The van der Waals surface area contributed by atoms with Crippen molar-refractivity contribution in [3.05, 3.63) is 42.1 Å². The predicted molar refractivity (Wildman–Crippen MR) is 91.1 cm³/mol. The lowest BCUT2D eigenvalue weighted by atomic mass is 10.2. The number of carbonyl (C=O) groups is 1. The van der Waals surface area contributed by atoms with Crippen molar-refractivity contribution < 1.29 is 4.79 Å². The molecule has 2 N–H and O–H groups in total. The Morgan fingerprint density at radius 3 is 3.21 bits per heavy atom. The smallest absolute Gasteiger partial charge is 0.224 e. The number of hydrogen-bond donors (Lipinski definition) is 2. The van der Waals surface area contributed by atoms with Crippen molar-refractivity contribution in [3.8, 4) is 0 Å². The first kappa shape index (κ1) is 16.4. The van der Waals surface area contributed by atoms with Gasteiger partial charge in [0.15, 0.2) is 5.65 Å². The van der Waals surface area contributed by atoms with E-state index in [2.05, 4.69) is 32.0 Å². The van der Waals surface area contributed by atoms with Crippen LogP contribution >= 0.6 is 12.4 Å². The number of halogens is 1. The van der Waals surface area contributed by atoms with Gasteiger partial charge in [-0.25, -0.2) is 0 Å². The summed E-state index contributed by atoms with van der Waals surface area (Å²) in [6.07, 6.45) is 4.46. The van der Waals surface area contributed by atoms with Crippen LogP contribution in [-0.2, 0) is 24.3 Å². The lowest BCUT2D eigenvalue weighted by Crippen LogP contribution is -2.28. The molecule has 3 aromatic rings. The number of fused-ring (bicyclic) bond motifs is 2. The van der Waals surface area contributed by atoms with Crippen LogP contribution in [0, 0.1) is 0 Å². The molecule has 1 aliphatic heterocycles. The highest BCUT2D eigenvalue weighted by Crippen LogP contribution is 2.14. The molecule has 3 aromatic heterocycles. The second-order valence-electron chi connectivity index (χ2n) is 5.56. The van der Waals surface area contributed by atoms with Gasteiger partial charge < -0.3 is 10.6 Å². The van der Waals surface area contributed by atoms with E-state index in [1.54, 1.807) is 10.7 Å². The maximum absolute atomic E-state index is 12.2. The van der Waals surface area contributed by atoms with E-state index in [-0.39, 0.29) is 18.3 Å². The van der Waals surface area contributed by atoms with Gasteiger partial charge in [-0.3, -0.25) is 13.9 Å². The minimum atomic E-state index is -0.0507. The number of hydrogen-bond acceptors (Lipinski definition) is 5. The molecule has 0 aliphatic carbocycles. The molecule has 0 saturated carbocycles. The third-order valence-electron chi connectivity index (χ3n) is 3.93. The summed E-state index contributed by atoms with van der Waals surface area (Å²) < 4.78 is 3.78. The summed E-state index contributed by atoms with van der Waals surface area (Å²) in [5.74, 6) is -0.0507. The Morgan fingerprint density at radius 1 is 1.42 bits per heavy atom. The summed E-state index contributed by atoms with van der Waals surface area (Å²) >= 11 is 0. The van der Waals surface area contributed by atoms with Crippen molar-refractivity contribution in [2.75, 3.05) is 11.9 Å². The van der Waals surface area contributed by atoms with Gasteiger partial charge in [-0.2, -0.15) is 5.10 Å². The molecule has 0 bridgehead atoms. The molecule has 9 heteroatoms. The molecule has 1 amide bonds. The van der Waals surface area contributed by atoms with Gasteiger partial charge in [0.1, 0.15) is 6.33 Å². The zero-order valence-electron chi connectivity index (χ0n) is 13.0. The molecule has 4 heterocycles. The van der Waals surface area contributed by atoms with Crippen LogP contribution in [0.3, 0.4) is 0 Å². The molecule has 0 aromatic carbocycles. The zero-order chi connectivity index (χ0) is 15.6. The van der Waals surface area contributed by atoms with Gasteiger partial charge in [0, 0.05) is 32.1 Å². The summed E-state index contributed by atoms with van der Waals surface area (Å²) in [4.78, 5) is 12.2. The normalized spacial score (nSPS) is 13.3. The SMILES string of the molecule is Cl.O=C(CCc1cc2n(n1)CCNC2)Nc1cccn2cnnc12. The Bertz CT molecular complexity index is 833. The lowest BCUT2D eigenvalue weighted by Gasteiger charge is -2.13. The third kappa shape index (κ3) is 3.24. The molecule has 0 radical (unpaired) electrons. The van der Waals surface area contributed by atoms with Gasteiger partial charge in [0.05, 0.1) is 23.6 Å². The average Bonchev–Trinajstić information content (AvgIpc) is 3.19. The van der Waals surface area contributed by atoms with Gasteiger partial charge in [-0.15, -0.1) is 22.6 Å². The van der Waals surface area contributed by atoms with E-state index in [0.717, 1.165) is 25.3 Å². The van der Waals surface area contributed by atoms with Crippen LogP contribution in [0.4, 0.5) is 5.69 Å². The monoisotopic (exact) mass is 347 g/mol. The van der Waals surface area contributed by atoms with Crippen molar-refractivity contribution in [2.24, 2.45) is 0 Å². The van der Waals surface area contributed by atoms with E-state index in [4.69, 9.17) is 0 Å². The standard InChI is InChI=1S/C15H17N7O.ClH/c23-14(18-13-2-1-6-21-10-17-19-15(13)21)4-3-11-8-12-9-16-5-7-22(12)20-11;/h1-2,6,8,10,16H,3-5,7,9H2,(H,18,23);1H. The van der Waals surface area contributed by atoms with Gasteiger partial charge in [-0.1, -0.05) is 0 Å². The highest BCUT2D eigenvalue weighted by molar-refractivity contribution is 5.94. The van der Waals surface area contributed by atoms with Gasteiger partial charge >= 0.3 is 0 Å². The third-order valence-corrected chi connectivity index (χ3v) is 3.93. The first-order valence-electron chi connectivity index (χ1n) is 7.64. The number of aryl methyl sites for hydroxylation is 1. The number of aromatic nitrogens is 5. The molecule has 8 nitrogen and oxygen atoms in total. The number of rotatable bonds is 4.